The monoisotopic (exact) mass is 611 g/mol. The molecule has 0 radical (unpaired) electrons. The van der Waals surface area contributed by atoms with E-state index in [0.717, 1.165) is 66.8 Å². The van der Waals surface area contributed by atoms with Crippen LogP contribution in [0.5, 0.6) is 0 Å². The number of nitrogens with zero attached hydrogens (tertiary/aromatic N) is 3. The van der Waals surface area contributed by atoms with Gasteiger partial charge in [0.05, 0.1) is 22.6 Å². The average Bonchev–Trinajstić information content (AvgIpc) is 3.18. The molecule has 0 fully saturated rings. The van der Waals surface area contributed by atoms with Crippen LogP contribution in [0.1, 0.15) is 0 Å². The molecule has 2 heterocycles. The minimum atomic E-state index is 0.690. The van der Waals surface area contributed by atoms with Gasteiger partial charge in [0.25, 0.3) is 0 Å². The summed E-state index contributed by atoms with van der Waals surface area (Å²) in [6, 6.07) is 61.4. The number of pyridine rings is 1. The van der Waals surface area contributed by atoms with Crippen LogP contribution in [0, 0.1) is 0 Å². The van der Waals surface area contributed by atoms with E-state index in [1.807, 2.05) is 24.3 Å². The molecule has 0 unspecified atom stereocenters. The predicted molar refractivity (Wildman–Crippen MR) is 200 cm³/mol. The number of aromatic nitrogens is 3. The summed E-state index contributed by atoms with van der Waals surface area (Å²) in [6.45, 7) is 0. The zero-order valence-corrected chi connectivity index (χ0v) is 26.1. The van der Waals surface area contributed by atoms with Crippen LogP contribution in [-0.2, 0) is 0 Å². The molecule has 0 aliphatic rings. The molecule has 0 aliphatic heterocycles. The molecule has 0 atom stereocenters. The quantitative estimate of drug-likeness (QED) is 0.182. The Morgan fingerprint density at radius 2 is 0.896 bits per heavy atom. The van der Waals surface area contributed by atoms with Gasteiger partial charge >= 0.3 is 0 Å². The molecule has 224 valence electrons. The summed E-state index contributed by atoms with van der Waals surface area (Å²) in [7, 11) is 0. The number of benzene rings is 7. The SMILES string of the molecule is c1ccc(-c2cccc(-c3nc(-c4ccccc4)cc(-c4cccc(-c5nc6ccccc6c6c5ccc5ccccc56)c4)n3)c2)cc1. The number of rotatable bonds is 5. The van der Waals surface area contributed by atoms with Crippen molar-refractivity contribution in [3.05, 3.63) is 176 Å². The van der Waals surface area contributed by atoms with Gasteiger partial charge in [-0.15, -0.1) is 0 Å². The lowest BCUT2D eigenvalue weighted by Gasteiger charge is -2.14. The number of hydrogen-bond donors (Lipinski definition) is 0. The molecule has 3 nitrogen and oxygen atoms in total. The van der Waals surface area contributed by atoms with Gasteiger partial charge in [-0.05, 0) is 46.2 Å². The second-order valence-corrected chi connectivity index (χ2v) is 12.0. The largest absolute Gasteiger partial charge is 0.247 e. The lowest BCUT2D eigenvalue weighted by atomic mass is 9.94. The lowest BCUT2D eigenvalue weighted by molar-refractivity contribution is 1.18. The summed E-state index contributed by atoms with van der Waals surface area (Å²) >= 11 is 0. The van der Waals surface area contributed by atoms with Crippen LogP contribution in [0.3, 0.4) is 0 Å². The van der Waals surface area contributed by atoms with Gasteiger partial charge in [0.1, 0.15) is 0 Å². The highest BCUT2D eigenvalue weighted by atomic mass is 14.9. The van der Waals surface area contributed by atoms with Gasteiger partial charge in [0.2, 0.25) is 0 Å². The van der Waals surface area contributed by atoms with Crippen LogP contribution in [0.25, 0.3) is 88.7 Å². The summed E-state index contributed by atoms with van der Waals surface area (Å²) in [6.07, 6.45) is 0. The Labute approximate surface area is 278 Å². The van der Waals surface area contributed by atoms with Crippen LogP contribution >= 0.6 is 0 Å². The molecule has 2 aromatic heterocycles. The molecule has 9 aromatic rings. The van der Waals surface area contributed by atoms with E-state index in [4.69, 9.17) is 15.0 Å². The Balaban J connectivity index is 1.23. The normalized spacial score (nSPS) is 11.3. The maximum Gasteiger partial charge on any atom is 0.160 e. The molecule has 0 saturated carbocycles. The van der Waals surface area contributed by atoms with Crippen molar-refractivity contribution in [2.45, 2.75) is 0 Å². The Kier molecular flexibility index (Phi) is 6.80. The Hall–Kier alpha value is -6.45. The average molecular weight is 612 g/mol. The fourth-order valence-corrected chi connectivity index (χ4v) is 6.72. The third kappa shape index (κ3) is 4.99. The molecule has 0 aliphatic carbocycles. The van der Waals surface area contributed by atoms with E-state index in [0.29, 0.717) is 5.82 Å². The van der Waals surface area contributed by atoms with Crippen LogP contribution in [-0.4, -0.2) is 15.0 Å². The van der Waals surface area contributed by atoms with Crippen molar-refractivity contribution >= 4 is 32.4 Å². The van der Waals surface area contributed by atoms with E-state index in [1.54, 1.807) is 0 Å². The topological polar surface area (TPSA) is 38.7 Å². The first-order chi connectivity index (χ1) is 23.8. The van der Waals surface area contributed by atoms with Crippen molar-refractivity contribution in [1.82, 2.24) is 15.0 Å². The fourth-order valence-electron chi connectivity index (χ4n) is 6.72. The maximum absolute atomic E-state index is 5.25. The second kappa shape index (κ2) is 11.7. The molecule has 48 heavy (non-hydrogen) atoms. The van der Waals surface area contributed by atoms with E-state index in [9.17, 15) is 0 Å². The third-order valence-corrected chi connectivity index (χ3v) is 9.05. The summed E-state index contributed by atoms with van der Waals surface area (Å²) in [5.41, 5.74) is 10.1. The number of para-hydroxylation sites is 1. The smallest absolute Gasteiger partial charge is 0.160 e. The minimum absolute atomic E-state index is 0.690. The van der Waals surface area contributed by atoms with Crippen molar-refractivity contribution in [1.29, 1.82) is 0 Å². The first kappa shape index (κ1) is 27.8. The molecule has 0 bridgehead atoms. The van der Waals surface area contributed by atoms with Gasteiger partial charge in [-0.3, -0.25) is 0 Å². The van der Waals surface area contributed by atoms with E-state index in [1.165, 1.54) is 16.2 Å². The summed E-state index contributed by atoms with van der Waals surface area (Å²) < 4.78 is 0. The van der Waals surface area contributed by atoms with Gasteiger partial charge in [-0.25, -0.2) is 15.0 Å². The molecule has 3 heteroatoms. The van der Waals surface area contributed by atoms with Crippen molar-refractivity contribution in [2.24, 2.45) is 0 Å². The molecule has 0 saturated heterocycles. The summed E-state index contributed by atoms with van der Waals surface area (Å²) in [5.74, 6) is 0.690. The van der Waals surface area contributed by atoms with Gasteiger partial charge in [-0.1, -0.05) is 152 Å². The molecule has 0 spiro atoms. The molecular formula is C45H29N3. The molecular weight excluding hydrogens is 583 g/mol. The standard InChI is InChI=1S/C45H29N3/c1-3-13-30(14-4-1)33-18-11-21-36(27-33)45-47-41(32-16-5-2-6-17-32)29-42(48-45)34-19-12-20-35(28-34)44-39-26-25-31-15-7-8-22-37(31)43(39)38-23-9-10-24-40(38)46-44/h1-29H. The minimum Gasteiger partial charge on any atom is -0.247 e. The Morgan fingerprint density at radius 3 is 1.71 bits per heavy atom. The zero-order chi connectivity index (χ0) is 31.9. The lowest BCUT2D eigenvalue weighted by Crippen LogP contribution is -1.97. The zero-order valence-electron chi connectivity index (χ0n) is 26.1. The maximum atomic E-state index is 5.25. The number of hydrogen-bond acceptors (Lipinski definition) is 3. The Morgan fingerprint density at radius 1 is 0.312 bits per heavy atom. The van der Waals surface area contributed by atoms with Crippen LogP contribution in [0.4, 0.5) is 0 Å². The predicted octanol–water partition coefficient (Wildman–Crippen LogP) is 11.7. The van der Waals surface area contributed by atoms with E-state index >= 15 is 0 Å². The van der Waals surface area contributed by atoms with E-state index in [-0.39, 0.29) is 0 Å². The fraction of sp³-hybridized carbons (Fsp3) is 0. The van der Waals surface area contributed by atoms with E-state index in [2.05, 4.69) is 152 Å². The molecule has 9 rings (SSSR count). The van der Waals surface area contributed by atoms with Crippen LogP contribution < -0.4 is 0 Å². The Bertz CT molecular complexity index is 2590. The number of fused-ring (bicyclic) bond motifs is 5. The van der Waals surface area contributed by atoms with Gasteiger partial charge in [0, 0.05) is 38.4 Å². The van der Waals surface area contributed by atoms with Gasteiger partial charge < -0.3 is 0 Å². The van der Waals surface area contributed by atoms with Crippen molar-refractivity contribution in [3.63, 3.8) is 0 Å². The van der Waals surface area contributed by atoms with Crippen molar-refractivity contribution in [3.8, 4) is 56.3 Å². The molecule has 7 aromatic carbocycles. The summed E-state index contributed by atoms with van der Waals surface area (Å²) in [4.78, 5) is 15.5. The van der Waals surface area contributed by atoms with Gasteiger partial charge in [0.15, 0.2) is 5.82 Å². The van der Waals surface area contributed by atoms with Crippen molar-refractivity contribution in [2.75, 3.05) is 0 Å². The second-order valence-electron chi connectivity index (χ2n) is 12.0. The van der Waals surface area contributed by atoms with Crippen LogP contribution in [0.2, 0.25) is 0 Å². The van der Waals surface area contributed by atoms with Gasteiger partial charge in [-0.2, -0.15) is 0 Å². The summed E-state index contributed by atoms with van der Waals surface area (Å²) in [5, 5.41) is 5.98. The van der Waals surface area contributed by atoms with E-state index < -0.39 is 0 Å². The van der Waals surface area contributed by atoms with Crippen molar-refractivity contribution < 1.29 is 0 Å². The first-order valence-electron chi connectivity index (χ1n) is 16.2. The molecule has 0 amide bonds. The highest BCUT2D eigenvalue weighted by Gasteiger charge is 2.16. The molecule has 0 N–H and O–H groups in total. The highest BCUT2D eigenvalue weighted by molar-refractivity contribution is 6.22. The first-order valence-corrected chi connectivity index (χ1v) is 16.2. The highest BCUT2D eigenvalue weighted by Crippen LogP contribution is 2.38. The van der Waals surface area contributed by atoms with Crippen LogP contribution in [0.15, 0.2) is 176 Å². The third-order valence-electron chi connectivity index (χ3n) is 9.05.